The van der Waals surface area contributed by atoms with Gasteiger partial charge in [0.05, 0.1) is 23.6 Å². The van der Waals surface area contributed by atoms with Crippen molar-refractivity contribution in [3.63, 3.8) is 0 Å². The predicted molar refractivity (Wildman–Crippen MR) is 74.1 cm³/mol. The molecule has 0 fully saturated rings. The molecule has 19 heavy (non-hydrogen) atoms. The minimum absolute atomic E-state index is 0.0453. The number of hydrogen-bond donors (Lipinski definition) is 1. The zero-order valence-electron chi connectivity index (χ0n) is 11.1. The van der Waals surface area contributed by atoms with Gasteiger partial charge in [0.25, 0.3) is 0 Å². The average Bonchev–Trinajstić information content (AvgIpc) is 2.35. The van der Waals surface area contributed by atoms with Crippen LogP contribution < -0.4 is 4.74 Å². The molecule has 1 aromatic carbocycles. The molecule has 0 bridgehead atoms. The topological polar surface area (TPSA) is 66.8 Å². The van der Waals surface area contributed by atoms with E-state index in [4.69, 9.17) is 21.4 Å². The van der Waals surface area contributed by atoms with Crippen molar-refractivity contribution in [1.29, 1.82) is 0 Å². The second-order valence-electron chi connectivity index (χ2n) is 4.23. The third-order valence-electron chi connectivity index (χ3n) is 2.63. The third kappa shape index (κ3) is 3.60. The summed E-state index contributed by atoms with van der Waals surface area (Å²) in [5, 5.41) is 9.21. The van der Waals surface area contributed by atoms with Gasteiger partial charge in [0.1, 0.15) is 5.75 Å². The van der Waals surface area contributed by atoms with E-state index < -0.39 is 10.0 Å². The fourth-order valence-corrected chi connectivity index (χ4v) is 3.67. The van der Waals surface area contributed by atoms with Crippen LogP contribution in [0.4, 0.5) is 0 Å². The first-order chi connectivity index (χ1) is 8.84. The summed E-state index contributed by atoms with van der Waals surface area (Å²) in [6, 6.07) is 4.04. The molecule has 0 atom stereocenters. The maximum absolute atomic E-state index is 12.4. The molecule has 0 spiro atoms. The van der Waals surface area contributed by atoms with Gasteiger partial charge in [-0.1, -0.05) is 11.6 Å². The van der Waals surface area contributed by atoms with Gasteiger partial charge in [-0.15, -0.1) is 0 Å². The van der Waals surface area contributed by atoms with Gasteiger partial charge in [-0.2, -0.15) is 4.31 Å². The Kier molecular flexibility index (Phi) is 5.61. The number of halogens is 1. The highest BCUT2D eigenvalue weighted by atomic mass is 35.5. The molecule has 1 rings (SSSR count). The Morgan fingerprint density at radius 3 is 2.47 bits per heavy atom. The molecule has 108 valence electrons. The zero-order valence-corrected chi connectivity index (χ0v) is 12.7. The first kappa shape index (κ1) is 16.2. The molecule has 0 heterocycles. The smallest absolute Gasteiger partial charge is 0.243 e. The van der Waals surface area contributed by atoms with Crippen molar-refractivity contribution in [1.82, 2.24) is 4.31 Å². The third-order valence-corrected chi connectivity index (χ3v) is 4.99. The van der Waals surface area contributed by atoms with Crippen molar-refractivity contribution in [2.24, 2.45) is 0 Å². The van der Waals surface area contributed by atoms with E-state index >= 15 is 0 Å². The van der Waals surface area contributed by atoms with Crippen molar-refractivity contribution in [3.05, 3.63) is 23.2 Å². The minimum Gasteiger partial charge on any atom is -0.495 e. The molecule has 0 aromatic heterocycles. The number of benzene rings is 1. The lowest BCUT2D eigenvalue weighted by atomic mass is 10.3. The quantitative estimate of drug-likeness (QED) is 0.869. The molecule has 0 amide bonds. The van der Waals surface area contributed by atoms with Crippen molar-refractivity contribution in [3.8, 4) is 5.75 Å². The first-order valence-electron chi connectivity index (χ1n) is 5.80. The van der Waals surface area contributed by atoms with Crippen LogP contribution in [0.15, 0.2) is 23.1 Å². The van der Waals surface area contributed by atoms with Crippen molar-refractivity contribution in [2.45, 2.75) is 24.8 Å². The molecule has 0 saturated carbocycles. The molecule has 0 radical (unpaired) electrons. The number of aliphatic hydroxyl groups excluding tert-OH is 1. The van der Waals surface area contributed by atoms with Crippen molar-refractivity contribution in [2.75, 3.05) is 20.3 Å². The second kappa shape index (κ2) is 6.56. The van der Waals surface area contributed by atoms with Crippen LogP contribution in [-0.4, -0.2) is 44.1 Å². The second-order valence-corrected chi connectivity index (χ2v) is 6.53. The van der Waals surface area contributed by atoms with Gasteiger partial charge in [-0.25, -0.2) is 8.42 Å². The number of aliphatic hydroxyl groups is 1. The van der Waals surface area contributed by atoms with E-state index in [2.05, 4.69) is 0 Å². The van der Waals surface area contributed by atoms with Gasteiger partial charge in [-0.05, 0) is 32.0 Å². The highest BCUT2D eigenvalue weighted by Crippen LogP contribution is 2.28. The Balaban J connectivity index is 3.22. The molecule has 7 heteroatoms. The fourth-order valence-electron chi connectivity index (χ4n) is 1.70. The van der Waals surface area contributed by atoms with Gasteiger partial charge >= 0.3 is 0 Å². The zero-order chi connectivity index (χ0) is 14.6. The normalized spacial score (nSPS) is 12.2. The van der Waals surface area contributed by atoms with E-state index in [9.17, 15) is 8.42 Å². The summed E-state index contributed by atoms with van der Waals surface area (Å²) in [6.45, 7) is 3.31. The van der Waals surface area contributed by atoms with Crippen LogP contribution in [0.2, 0.25) is 5.02 Å². The highest BCUT2D eigenvalue weighted by Gasteiger charge is 2.27. The van der Waals surface area contributed by atoms with Gasteiger partial charge in [0.15, 0.2) is 0 Å². The summed E-state index contributed by atoms with van der Waals surface area (Å²) >= 11 is 5.94. The van der Waals surface area contributed by atoms with Crippen LogP contribution in [0.1, 0.15) is 13.8 Å². The van der Waals surface area contributed by atoms with E-state index in [-0.39, 0.29) is 29.1 Å². The molecule has 1 N–H and O–H groups in total. The summed E-state index contributed by atoms with van der Waals surface area (Å²) in [7, 11) is -2.22. The summed E-state index contributed by atoms with van der Waals surface area (Å²) in [5.41, 5.74) is 0. The molecule has 0 aliphatic rings. The SMILES string of the molecule is COc1ccc(S(=O)(=O)N(CCO)C(C)C)cc1Cl. The van der Waals surface area contributed by atoms with E-state index in [1.54, 1.807) is 13.8 Å². The lowest BCUT2D eigenvalue weighted by Gasteiger charge is -2.25. The number of rotatable bonds is 6. The van der Waals surface area contributed by atoms with E-state index in [0.29, 0.717) is 5.75 Å². The summed E-state index contributed by atoms with van der Waals surface area (Å²) in [4.78, 5) is 0.0837. The van der Waals surface area contributed by atoms with Crippen LogP contribution in [-0.2, 0) is 10.0 Å². The molecule has 0 aliphatic carbocycles. The van der Waals surface area contributed by atoms with Crippen LogP contribution in [0.5, 0.6) is 5.75 Å². The lowest BCUT2D eigenvalue weighted by molar-refractivity contribution is 0.236. The Bertz CT molecular complexity index is 531. The minimum atomic E-state index is -3.68. The maximum atomic E-state index is 12.4. The molecule has 0 saturated heterocycles. The Hall–Kier alpha value is -0.820. The van der Waals surface area contributed by atoms with Crippen molar-refractivity contribution >= 4 is 21.6 Å². The Labute approximate surface area is 118 Å². The Morgan fingerprint density at radius 1 is 1.42 bits per heavy atom. The summed E-state index contributed by atoms with van der Waals surface area (Å²) < 4.78 is 31.1. The molecule has 1 aromatic rings. The molecule has 0 aliphatic heterocycles. The van der Waals surface area contributed by atoms with E-state index in [1.807, 2.05) is 0 Å². The highest BCUT2D eigenvalue weighted by molar-refractivity contribution is 7.89. The number of sulfonamides is 1. The average molecular weight is 308 g/mol. The maximum Gasteiger partial charge on any atom is 0.243 e. The molecule has 0 unspecified atom stereocenters. The summed E-state index contributed by atoms with van der Waals surface area (Å²) in [5.74, 6) is 0.416. The number of hydrogen-bond acceptors (Lipinski definition) is 4. The first-order valence-corrected chi connectivity index (χ1v) is 7.62. The summed E-state index contributed by atoms with van der Waals surface area (Å²) in [6.07, 6.45) is 0. The Morgan fingerprint density at radius 2 is 2.05 bits per heavy atom. The molecular weight excluding hydrogens is 290 g/mol. The van der Waals surface area contributed by atoms with Gasteiger partial charge < -0.3 is 9.84 Å². The largest absolute Gasteiger partial charge is 0.495 e. The van der Waals surface area contributed by atoms with Crippen LogP contribution in [0.25, 0.3) is 0 Å². The monoisotopic (exact) mass is 307 g/mol. The van der Waals surface area contributed by atoms with Gasteiger partial charge in [-0.3, -0.25) is 0 Å². The molecular formula is C12H18ClNO4S. The predicted octanol–water partition coefficient (Wildman–Crippen LogP) is 1.74. The van der Waals surface area contributed by atoms with Gasteiger partial charge in [0.2, 0.25) is 10.0 Å². The van der Waals surface area contributed by atoms with E-state index in [0.717, 1.165) is 0 Å². The van der Waals surface area contributed by atoms with E-state index in [1.165, 1.54) is 29.6 Å². The fraction of sp³-hybridized carbons (Fsp3) is 0.500. The standard InChI is InChI=1S/C12H18ClNO4S/c1-9(2)14(6-7-15)19(16,17)10-4-5-12(18-3)11(13)8-10/h4-5,8-9,15H,6-7H2,1-3H3. The number of methoxy groups -OCH3 is 1. The van der Waals surface area contributed by atoms with Gasteiger partial charge in [0, 0.05) is 12.6 Å². The number of ether oxygens (including phenoxy) is 1. The van der Waals surface area contributed by atoms with Crippen molar-refractivity contribution < 1.29 is 18.3 Å². The number of nitrogens with zero attached hydrogens (tertiary/aromatic N) is 1. The van der Waals surface area contributed by atoms with Crippen LogP contribution in [0, 0.1) is 0 Å². The molecule has 5 nitrogen and oxygen atoms in total. The lowest BCUT2D eigenvalue weighted by Crippen LogP contribution is -2.38. The van der Waals surface area contributed by atoms with Crippen LogP contribution in [0.3, 0.4) is 0 Å². The van der Waals surface area contributed by atoms with Crippen LogP contribution >= 0.6 is 11.6 Å².